The Hall–Kier alpha value is -5.25. The molecule has 0 spiro atoms. The molecule has 63 heavy (non-hydrogen) atoms. The molecule has 3 aromatic carbocycles. The van der Waals surface area contributed by atoms with Crippen LogP contribution < -0.4 is 0 Å². The number of rotatable bonds is 13. The van der Waals surface area contributed by atoms with Crippen LogP contribution in [-0.2, 0) is 58.9 Å². The lowest BCUT2D eigenvalue weighted by atomic mass is 9.44. The van der Waals surface area contributed by atoms with E-state index in [0.717, 1.165) is 18.1 Å². The molecule has 1 aliphatic heterocycles. The summed E-state index contributed by atoms with van der Waals surface area (Å²) in [5.74, 6) is -6.15. The number of benzene rings is 3. The third-order valence-electron chi connectivity index (χ3n) is 13.9. The van der Waals surface area contributed by atoms with Crippen LogP contribution in [0.15, 0.2) is 102 Å². The van der Waals surface area contributed by atoms with Crippen LogP contribution >= 0.6 is 0 Å². The summed E-state index contributed by atoms with van der Waals surface area (Å²) in [6, 6.07) is 26.7. The van der Waals surface area contributed by atoms with Crippen molar-refractivity contribution < 1.29 is 67.3 Å². The molecule has 1 heterocycles. The van der Waals surface area contributed by atoms with Crippen LogP contribution in [0.2, 0.25) is 0 Å². The number of ether oxygens (including phenoxy) is 7. The van der Waals surface area contributed by atoms with Crippen molar-refractivity contribution in [1.82, 2.24) is 0 Å². The second kappa shape index (κ2) is 17.7. The van der Waals surface area contributed by atoms with E-state index in [1.165, 1.54) is 26.0 Å². The fourth-order valence-corrected chi connectivity index (χ4v) is 10.4. The quantitative estimate of drug-likeness (QED) is 0.0713. The Bertz CT molecular complexity index is 2230. The Balaban J connectivity index is 1.36. The number of hydrogen-bond donors (Lipinski definition) is 2. The van der Waals surface area contributed by atoms with E-state index >= 15 is 4.79 Å². The molecule has 3 aromatic rings. The van der Waals surface area contributed by atoms with E-state index in [0.29, 0.717) is 5.57 Å². The Morgan fingerprint density at radius 2 is 1.48 bits per heavy atom. The van der Waals surface area contributed by atoms with Crippen molar-refractivity contribution in [2.24, 2.45) is 16.7 Å². The molecule has 0 amide bonds. The van der Waals surface area contributed by atoms with Gasteiger partial charge in [0.1, 0.15) is 30.7 Å². The number of Topliss-reactive ketones (excluding diaryl/α,β-unsaturated/α-hetero) is 1. The minimum atomic E-state index is -2.30. The van der Waals surface area contributed by atoms with Crippen molar-refractivity contribution in [2.45, 2.75) is 122 Å². The smallest absolute Gasteiger partial charge is 0.338 e. The summed E-state index contributed by atoms with van der Waals surface area (Å²) in [7, 11) is 0. The molecule has 1 saturated heterocycles. The Morgan fingerprint density at radius 1 is 0.857 bits per heavy atom. The average Bonchev–Trinajstić information content (AvgIpc) is 3.25. The molecular formula is C49H56O14. The molecule has 0 radical (unpaired) electrons. The molecule has 7 rings (SSSR count). The molecule has 4 aliphatic rings. The van der Waals surface area contributed by atoms with Crippen LogP contribution in [0.25, 0.3) is 0 Å². The number of ketones is 1. The lowest BCUT2D eigenvalue weighted by Gasteiger charge is -2.67. The molecule has 2 bridgehead atoms. The van der Waals surface area contributed by atoms with Gasteiger partial charge in [-0.2, -0.15) is 0 Å². The van der Waals surface area contributed by atoms with Crippen LogP contribution in [0.4, 0.5) is 0 Å². The van der Waals surface area contributed by atoms with Gasteiger partial charge in [0, 0.05) is 38.0 Å². The maximum Gasteiger partial charge on any atom is 0.338 e. The second-order valence-corrected chi connectivity index (χ2v) is 17.9. The average molecular weight is 869 g/mol. The predicted molar refractivity (Wildman–Crippen MR) is 224 cm³/mol. The maximum absolute atomic E-state index is 15.6. The van der Waals surface area contributed by atoms with E-state index in [9.17, 15) is 29.4 Å². The first kappa shape index (κ1) is 45.8. The first-order valence-corrected chi connectivity index (χ1v) is 21.3. The van der Waals surface area contributed by atoms with Crippen molar-refractivity contribution in [3.05, 3.63) is 119 Å². The summed E-state index contributed by atoms with van der Waals surface area (Å²) in [5, 5.41) is 25.9. The van der Waals surface area contributed by atoms with Gasteiger partial charge in [-0.15, -0.1) is 0 Å². The van der Waals surface area contributed by atoms with Gasteiger partial charge in [-0.1, -0.05) is 99.6 Å². The van der Waals surface area contributed by atoms with Crippen molar-refractivity contribution >= 4 is 29.7 Å². The van der Waals surface area contributed by atoms with E-state index in [2.05, 4.69) is 0 Å². The van der Waals surface area contributed by atoms with Gasteiger partial charge in [-0.05, 0) is 48.3 Å². The number of aliphatic hydroxyl groups is 2. The number of fused-ring (bicyclic) bond motifs is 5. The largest absolute Gasteiger partial charge is 0.456 e. The van der Waals surface area contributed by atoms with Gasteiger partial charge < -0.3 is 43.4 Å². The van der Waals surface area contributed by atoms with Gasteiger partial charge in [0.2, 0.25) is 0 Å². The van der Waals surface area contributed by atoms with Gasteiger partial charge in [-0.25, -0.2) is 9.59 Å². The fourth-order valence-electron chi connectivity index (χ4n) is 10.4. The van der Waals surface area contributed by atoms with E-state index in [4.69, 9.17) is 33.2 Å². The van der Waals surface area contributed by atoms with Gasteiger partial charge in [0.25, 0.3) is 0 Å². The predicted octanol–water partition coefficient (Wildman–Crippen LogP) is 5.57. The summed E-state index contributed by atoms with van der Waals surface area (Å²) in [4.78, 5) is 70.7. The standard InChI is InChI=1S/C49H56O14/c1-28(33-19-13-9-14-20-33)39(59-27-57-25-32-17-11-8-12-18-32)45(55)61-35-24-49(56)43(62-44(54)34-21-15-10-16-22-34)41-47(7,36(52)23-37-48(41,26-58-37)63-31(4)51)42(53)40(60-30(3)50)38(29(35)2)46(49,5)6/h8-22,28,35-37,39-41,43,52,56H,23-27H2,1-7H3/t28-,35-,36-,37+,39+,40+,41-,43-,47+,48-,49+/m0/s1. The Kier molecular flexibility index (Phi) is 12.9. The Morgan fingerprint density at radius 3 is 2.06 bits per heavy atom. The third-order valence-corrected chi connectivity index (χ3v) is 13.9. The summed E-state index contributed by atoms with van der Waals surface area (Å²) in [6.07, 6.45) is -9.17. The zero-order valence-electron chi connectivity index (χ0n) is 36.6. The summed E-state index contributed by atoms with van der Waals surface area (Å²) in [6.45, 7) is 10.1. The highest BCUT2D eigenvalue weighted by Gasteiger charge is 2.78. The molecule has 3 aliphatic carbocycles. The van der Waals surface area contributed by atoms with Gasteiger partial charge in [0.15, 0.2) is 23.6 Å². The van der Waals surface area contributed by atoms with Crippen molar-refractivity contribution in [3.8, 4) is 0 Å². The number of hydrogen-bond acceptors (Lipinski definition) is 14. The highest BCUT2D eigenvalue weighted by Crippen LogP contribution is 2.64. The fraction of sp³-hybridized carbons (Fsp3) is 0.490. The molecule has 0 aromatic heterocycles. The Labute approximate surface area is 366 Å². The molecule has 14 nitrogen and oxygen atoms in total. The molecule has 2 saturated carbocycles. The second-order valence-electron chi connectivity index (χ2n) is 17.9. The number of aliphatic hydroxyl groups excluding tert-OH is 1. The molecule has 2 N–H and O–H groups in total. The zero-order valence-corrected chi connectivity index (χ0v) is 36.6. The van der Waals surface area contributed by atoms with Crippen LogP contribution in [-0.4, -0.2) is 101 Å². The number of esters is 4. The van der Waals surface area contributed by atoms with Gasteiger partial charge in [-0.3, -0.25) is 14.4 Å². The molecule has 0 unspecified atom stereocenters. The molecule has 336 valence electrons. The van der Waals surface area contributed by atoms with Crippen LogP contribution in [0.5, 0.6) is 0 Å². The summed E-state index contributed by atoms with van der Waals surface area (Å²) in [5.41, 5.74) is -5.45. The van der Waals surface area contributed by atoms with Gasteiger partial charge in [0.05, 0.1) is 36.2 Å². The number of carbonyl (C=O) groups excluding carboxylic acids is 5. The molecule has 3 fully saturated rings. The van der Waals surface area contributed by atoms with Crippen LogP contribution in [0.3, 0.4) is 0 Å². The summed E-state index contributed by atoms with van der Waals surface area (Å²) < 4.78 is 42.8. The lowest BCUT2D eigenvalue weighted by molar-refractivity contribution is -0.346. The molecule has 14 heteroatoms. The SMILES string of the molecule is CC(=O)O[C@H]1C(=O)[C@@]2(C)[C@H]([C@H](OC(=O)c3ccccc3)[C@]3(O)C[C@H](OC(=O)[C@H](OCOCc4ccccc4)[C@@H](C)c4ccccc4)C(C)=C1C3(C)C)[C@]1(OC(C)=O)CO[C@@H]1C[C@@H]2O. The first-order valence-electron chi connectivity index (χ1n) is 21.3. The molecule has 11 atom stereocenters. The van der Waals surface area contributed by atoms with Crippen molar-refractivity contribution in [3.63, 3.8) is 0 Å². The monoisotopic (exact) mass is 868 g/mol. The lowest BCUT2D eigenvalue weighted by Crippen LogP contribution is -2.82. The zero-order chi connectivity index (χ0) is 45.5. The topological polar surface area (TPSA) is 190 Å². The van der Waals surface area contributed by atoms with E-state index in [-0.39, 0.29) is 37.6 Å². The number of carbonyl (C=O) groups is 5. The van der Waals surface area contributed by atoms with E-state index < -0.39 is 107 Å². The first-order chi connectivity index (χ1) is 29.9. The molecular weight excluding hydrogens is 813 g/mol. The maximum atomic E-state index is 15.6. The minimum Gasteiger partial charge on any atom is -0.456 e. The van der Waals surface area contributed by atoms with Crippen molar-refractivity contribution in [2.75, 3.05) is 13.4 Å². The normalized spacial score (nSPS) is 31.7. The van der Waals surface area contributed by atoms with E-state index in [1.54, 1.807) is 45.9 Å². The van der Waals surface area contributed by atoms with Crippen LogP contribution in [0, 0.1) is 16.7 Å². The van der Waals surface area contributed by atoms with Gasteiger partial charge >= 0.3 is 23.9 Å². The summed E-state index contributed by atoms with van der Waals surface area (Å²) >= 11 is 0. The van der Waals surface area contributed by atoms with Crippen LogP contribution in [0.1, 0.15) is 88.7 Å². The highest BCUT2D eigenvalue weighted by atomic mass is 16.7. The minimum absolute atomic E-state index is 0.0928. The van der Waals surface area contributed by atoms with E-state index in [1.807, 2.05) is 60.7 Å². The highest BCUT2D eigenvalue weighted by molar-refractivity contribution is 5.95. The third kappa shape index (κ3) is 8.12. The van der Waals surface area contributed by atoms with Crippen molar-refractivity contribution in [1.29, 1.82) is 0 Å².